The van der Waals surface area contributed by atoms with Crippen LogP contribution >= 0.6 is 27.3 Å². The Labute approximate surface area is 162 Å². The third-order valence-electron chi connectivity index (χ3n) is 3.44. The van der Waals surface area contributed by atoms with Gasteiger partial charge in [-0.1, -0.05) is 7.92 Å². The summed E-state index contributed by atoms with van der Waals surface area (Å²) < 4.78 is 0. The zero-order valence-electron chi connectivity index (χ0n) is 13.7. The molecule has 0 atom stereocenters. The summed E-state index contributed by atoms with van der Waals surface area (Å²) in [7, 11) is 9.48. The molecule has 2 amide bonds. The minimum atomic E-state index is -0.346. The monoisotopic (exact) mass is 479 g/mol. The predicted molar refractivity (Wildman–Crippen MR) is 95.6 cm³/mol. The average molecular weight is 479 g/mol. The maximum absolute atomic E-state index is 11.3. The van der Waals surface area contributed by atoms with E-state index in [4.69, 9.17) is 19.4 Å². The molecule has 24 heavy (non-hydrogen) atoms. The van der Waals surface area contributed by atoms with Crippen LogP contribution in [0.1, 0.15) is 13.8 Å². The van der Waals surface area contributed by atoms with Crippen molar-refractivity contribution in [3.63, 3.8) is 0 Å². The molecule has 3 rings (SSSR count). The zero-order valence-corrected chi connectivity index (χ0v) is 17.9. The van der Waals surface area contributed by atoms with E-state index in [1.807, 2.05) is 48.3 Å². The predicted octanol–water partition coefficient (Wildman–Crippen LogP) is 2.88. The van der Waals surface area contributed by atoms with Crippen molar-refractivity contribution in [2.75, 3.05) is 32.2 Å². The van der Waals surface area contributed by atoms with Gasteiger partial charge in [-0.05, 0) is 38.5 Å². The van der Waals surface area contributed by atoms with Crippen LogP contribution in [-0.4, -0.2) is 58.7 Å². The summed E-state index contributed by atoms with van der Waals surface area (Å²) in [4.78, 5) is 28.5. The number of hydrogen-bond acceptors (Lipinski definition) is 3. The molecule has 0 spiro atoms. The maximum atomic E-state index is 11.3. The first-order chi connectivity index (χ1) is 11.5. The average Bonchev–Trinajstić information content (AvgIpc) is 2.56. The van der Waals surface area contributed by atoms with Crippen LogP contribution < -0.4 is 0 Å². The van der Waals surface area contributed by atoms with Crippen LogP contribution in [0.25, 0.3) is 0 Å². The fourth-order valence-electron chi connectivity index (χ4n) is 2.39. The third-order valence-corrected chi connectivity index (χ3v) is 5.72. The van der Waals surface area contributed by atoms with Gasteiger partial charge in [-0.25, -0.2) is 0 Å². The SMILES string of the molecule is CC(=O)N1CN2CN(C(C)=O)CP(C2)C1.[CH]1[CH][CH][CH][CH][CH]1.[Cl][Ru][Cl]. The molecule has 0 aromatic rings. The molecular formula is C15H22Cl2N3O2PRu. The molecule has 9 heteroatoms. The van der Waals surface area contributed by atoms with Crippen molar-refractivity contribution in [3.8, 4) is 0 Å². The van der Waals surface area contributed by atoms with Crippen molar-refractivity contribution in [1.29, 1.82) is 0 Å². The van der Waals surface area contributed by atoms with Gasteiger partial charge in [-0.3, -0.25) is 14.5 Å². The molecule has 0 N–H and O–H groups in total. The van der Waals surface area contributed by atoms with E-state index >= 15 is 0 Å². The van der Waals surface area contributed by atoms with E-state index in [9.17, 15) is 9.59 Å². The molecule has 6 radical (unpaired) electrons. The van der Waals surface area contributed by atoms with Gasteiger partial charge in [0.2, 0.25) is 11.8 Å². The van der Waals surface area contributed by atoms with E-state index < -0.39 is 0 Å². The fraction of sp³-hybridized carbons (Fsp3) is 0.467. The van der Waals surface area contributed by atoms with Crippen LogP contribution in [0.15, 0.2) is 0 Å². The molecule has 136 valence electrons. The Hall–Kier alpha value is 0.533. The Kier molecular flexibility index (Phi) is 12.1. The van der Waals surface area contributed by atoms with Crippen LogP contribution in [0.3, 0.4) is 0 Å². The van der Waals surface area contributed by atoms with Crippen LogP contribution in [0.2, 0.25) is 0 Å². The van der Waals surface area contributed by atoms with Gasteiger partial charge in [0.1, 0.15) is 0 Å². The summed E-state index contributed by atoms with van der Waals surface area (Å²) >= 11 is -0.346. The molecule has 0 aromatic heterocycles. The first kappa shape index (κ1) is 22.6. The second-order valence-electron chi connectivity index (χ2n) is 5.37. The van der Waals surface area contributed by atoms with Crippen LogP contribution in [0.5, 0.6) is 0 Å². The van der Waals surface area contributed by atoms with E-state index in [1.165, 1.54) is 0 Å². The standard InChI is InChI=1S/C9H16N3O2P.C6H6.2ClH.Ru/c1-8(13)11-3-10-4-12(9(2)14)7-15(5-10)6-11;1-2-4-6-5-3-1;;;/h3-7H2,1-2H3;1-6H;2*1H;/q;;;;+2/p-2. The van der Waals surface area contributed by atoms with Crippen molar-refractivity contribution in [2.45, 2.75) is 13.8 Å². The van der Waals surface area contributed by atoms with Gasteiger partial charge >= 0.3 is 34.5 Å². The Morgan fingerprint density at radius 3 is 1.42 bits per heavy atom. The molecule has 2 bridgehead atoms. The van der Waals surface area contributed by atoms with E-state index in [0.29, 0.717) is 13.3 Å². The van der Waals surface area contributed by atoms with Crippen LogP contribution in [0, 0.1) is 38.5 Å². The molecule has 1 saturated carbocycles. The summed E-state index contributed by atoms with van der Waals surface area (Å²) in [5.41, 5.74) is 0. The van der Waals surface area contributed by atoms with Crippen LogP contribution in [-0.2, 0) is 24.7 Å². The Balaban J connectivity index is 0.000000265. The summed E-state index contributed by atoms with van der Waals surface area (Å²) in [6.45, 7) is 4.58. The van der Waals surface area contributed by atoms with Crippen molar-refractivity contribution >= 4 is 39.1 Å². The number of amides is 2. The van der Waals surface area contributed by atoms with Gasteiger partial charge in [0.15, 0.2) is 0 Å². The van der Waals surface area contributed by atoms with Crippen LogP contribution in [0.4, 0.5) is 0 Å². The number of hydrogen-bond donors (Lipinski definition) is 0. The molecule has 3 aliphatic rings. The number of carbonyl (C=O) groups is 2. The van der Waals surface area contributed by atoms with Gasteiger partial charge in [-0.2, -0.15) is 0 Å². The van der Waals surface area contributed by atoms with Crippen molar-refractivity contribution < 1.29 is 24.7 Å². The van der Waals surface area contributed by atoms with Gasteiger partial charge in [0.05, 0.1) is 13.3 Å². The molecule has 5 nitrogen and oxygen atoms in total. The first-order valence-electron chi connectivity index (χ1n) is 7.29. The van der Waals surface area contributed by atoms with Gasteiger partial charge in [0, 0.05) is 32.7 Å². The van der Waals surface area contributed by atoms with Gasteiger partial charge < -0.3 is 9.80 Å². The molecule has 1 aliphatic carbocycles. The summed E-state index contributed by atoms with van der Waals surface area (Å²) in [5, 5.41) is 0. The van der Waals surface area contributed by atoms with Gasteiger partial charge in [-0.15, -0.1) is 0 Å². The second-order valence-corrected chi connectivity index (χ2v) is 10.2. The van der Waals surface area contributed by atoms with Crippen molar-refractivity contribution in [1.82, 2.24) is 14.7 Å². The zero-order chi connectivity index (χ0) is 17.9. The van der Waals surface area contributed by atoms with E-state index in [-0.39, 0.29) is 34.9 Å². The normalized spacial score (nSPS) is 25.8. The molecule has 2 saturated heterocycles. The van der Waals surface area contributed by atoms with E-state index in [2.05, 4.69) is 4.90 Å². The molecular weight excluding hydrogens is 457 g/mol. The first-order valence-corrected chi connectivity index (χ1v) is 13.7. The topological polar surface area (TPSA) is 43.9 Å². The summed E-state index contributed by atoms with van der Waals surface area (Å²) in [6.07, 6.45) is 14.8. The minimum absolute atomic E-state index is 0.142. The number of nitrogens with zero attached hydrogens (tertiary/aromatic N) is 3. The Morgan fingerprint density at radius 2 is 1.17 bits per heavy atom. The van der Waals surface area contributed by atoms with Crippen molar-refractivity contribution in [2.24, 2.45) is 0 Å². The number of halogens is 2. The third kappa shape index (κ3) is 8.76. The number of fused-ring (bicyclic) bond motifs is 2. The number of carbonyl (C=O) groups excluding carboxylic acids is 2. The van der Waals surface area contributed by atoms with E-state index in [1.54, 1.807) is 13.8 Å². The van der Waals surface area contributed by atoms with Gasteiger partial charge in [0.25, 0.3) is 0 Å². The fourth-order valence-corrected chi connectivity index (χ4v) is 4.95. The van der Waals surface area contributed by atoms with Crippen molar-refractivity contribution in [3.05, 3.63) is 38.5 Å². The molecule has 2 heterocycles. The Morgan fingerprint density at radius 1 is 0.833 bits per heavy atom. The second kappa shape index (κ2) is 12.8. The molecule has 2 aliphatic heterocycles. The molecule has 3 fully saturated rings. The quantitative estimate of drug-likeness (QED) is 0.397. The summed E-state index contributed by atoms with van der Waals surface area (Å²) in [6, 6.07) is 0. The molecule has 0 unspecified atom stereocenters. The number of rotatable bonds is 0. The van der Waals surface area contributed by atoms with E-state index in [0.717, 1.165) is 18.9 Å². The Bertz CT molecular complexity index is 351. The summed E-state index contributed by atoms with van der Waals surface area (Å²) in [5.74, 6) is 0.284. The molecule has 0 aromatic carbocycles.